The number of carbonyl (C=O) groups is 1. The highest BCUT2D eigenvalue weighted by atomic mass is 16.4. The van der Waals surface area contributed by atoms with Crippen molar-refractivity contribution in [3.05, 3.63) is 17.3 Å². The van der Waals surface area contributed by atoms with Crippen LogP contribution in [0.25, 0.3) is 0 Å². The highest BCUT2D eigenvalue weighted by molar-refractivity contribution is 5.93. The number of aromatic nitrogens is 1. The zero-order valence-corrected chi connectivity index (χ0v) is 14.7. The van der Waals surface area contributed by atoms with Crippen LogP contribution in [0.2, 0.25) is 0 Å². The van der Waals surface area contributed by atoms with Crippen LogP contribution in [-0.4, -0.2) is 52.9 Å². The molecule has 3 heterocycles. The average Bonchev–Trinajstić information content (AvgIpc) is 2.97. The van der Waals surface area contributed by atoms with Gasteiger partial charge >= 0.3 is 0 Å². The molecule has 2 fully saturated rings. The number of aryl methyl sites for hydroxylation is 1. The molecule has 5 nitrogen and oxygen atoms in total. The molecular formula is C18H29N3O2. The number of nitrogens with zero attached hydrogens (tertiary/aromatic N) is 3. The van der Waals surface area contributed by atoms with Crippen LogP contribution in [0.3, 0.4) is 0 Å². The van der Waals surface area contributed by atoms with Gasteiger partial charge in [0.25, 0.3) is 5.91 Å². The Morgan fingerprint density at radius 3 is 2.35 bits per heavy atom. The highest BCUT2D eigenvalue weighted by Crippen LogP contribution is 2.23. The van der Waals surface area contributed by atoms with E-state index >= 15 is 0 Å². The number of rotatable bonds is 3. The summed E-state index contributed by atoms with van der Waals surface area (Å²) in [6.07, 6.45) is 6.20. The molecule has 0 aromatic carbocycles. The summed E-state index contributed by atoms with van der Waals surface area (Å²) in [6, 6.07) is 0.656. The van der Waals surface area contributed by atoms with Crippen LogP contribution in [0, 0.1) is 6.92 Å². The Kier molecular flexibility index (Phi) is 5.05. The fourth-order valence-corrected chi connectivity index (χ4v) is 3.73. The molecule has 0 saturated carbocycles. The van der Waals surface area contributed by atoms with E-state index in [1.807, 2.05) is 25.7 Å². The van der Waals surface area contributed by atoms with Crippen LogP contribution in [0.15, 0.2) is 4.42 Å². The largest absolute Gasteiger partial charge is 0.445 e. The van der Waals surface area contributed by atoms with Crippen molar-refractivity contribution < 1.29 is 9.21 Å². The zero-order valence-electron chi connectivity index (χ0n) is 14.7. The van der Waals surface area contributed by atoms with E-state index in [4.69, 9.17) is 4.42 Å². The highest BCUT2D eigenvalue weighted by Gasteiger charge is 2.30. The van der Waals surface area contributed by atoms with E-state index in [-0.39, 0.29) is 11.8 Å². The molecular weight excluding hydrogens is 290 g/mol. The molecule has 0 bridgehead atoms. The van der Waals surface area contributed by atoms with E-state index in [2.05, 4.69) is 9.88 Å². The van der Waals surface area contributed by atoms with E-state index in [9.17, 15) is 4.79 Å². The molecule has 0 N–H and O–H groups in total. The van der Waals surface area contributed by atoms with Crippen LogP contribution in [0.5, 0.6) is 0 Å². The molecule has 0 spiro atoms. The molecule has 23 heavy (non-hydrogen) atoms. The van der Waals surface area contributed by atoms with Crippen LogP contribution < -0.4 is 0 Å². The van der Waals surface area contributed by atoms with Crippen LogP contribution in [-0.2, 0) is 0 Å². The van der Waals surface area contributed by atoms with Gasteiger partial charge in [-0.05, 0) is 45.7 Å². The molecule has 5 heteroatoms. The maximum absolute atomic E-state index is 12.7. The number of carbonyl (C=O) groups excluding carboxylic acids is 1. The van der Waals surface area contributed by atoms with Gasteiger partial charge in [0.1, 0.15) is 5.76 Å². The minimum absolute atomic E-state index is 0.0373. The Hall–Kier alpha value is -1.36. The summed E-state index contributed by atoms with van der Waals surface area (Å²) in [5, 5.41) is 0. The lowest BCUT2D eigenvalue weighted by Crippen LogP contribution is -2.48. The van der Waals surface area contributed by atoms with Crippen molar-refractivity contribution in [3.8, 4) is 0 Å². The Morgan fingerprint density at radius 1 is 1.13 bits per heavy atom. The van der Waals surface area contributed by atoms with Gasteiger partial charge in [0, 0.05) is 25.0 Å². The number of piperidine rings is 2. The zero-order chi connectivity index (χ0) is 16.4. The minimum atomic E-state index is 0.0373. The summed E-state index contributed by atoms with van der Waals surface area (Å²) in [6.45, 7) is 10.0. The third-order valence-corrected chi connectivity index (χ3v) is 5.17. The molecule has 2 aliphatic rings. The van der Waals surface area contributed by atoms with Crippen molar-refractivity contribution in [2.45, 2.75) is 64.8 Å². The van der Waals surface area contributed by atoms with E-state index in [1.165, 1.54) is 32.4 Å². The first-order valence-corrected chi connectivity index (χ1v) is 9.07. The van der Waals surface area contributed by atoms with Gasteiger partial charge in [-0.1, -0.05) is 20.3 Å². The summed E-state index contributed by atoms with van der Waals surface area (Å²) in [7, 11) is 0. The predicted octanol–water partition coefficient (Wildman–Crippen LogP) is 3.20. The van der Waals surface area contributed by atoms with E-state index in [1.54, 1.807) is 0 Å². The first-order valence-electron chi connectivity index (χ1n) is 9.07. The Morgan fingerprint density at radius 2 is 1.78 bits per heavy atom. The Balaban J connectivity index is 1.59. The first-order chi connectivity index (χ1) is 11.1. The number of hydrogen-bond donors (Lipinski definition) is 0. The molecule has 128 valence electrons. The molecule has 3 rings (SSSR count). The maximum Gasteiger partial charge on any atom is 0.276 e. The quantitative estimate of drug-likeness (QED) is 0.858. The van der Waals surface area contributed by atoms with Crippen molar-refractivity contribution in [2.75, 3.05) is 26.2 Å². The second-order valence-electron chi connectivity index (χ2n) is 7.23. The van der Waals surface area contributed by atoms with Crippen LogP contribution in [0.1, 0.15) is 74.0 Å². The second kappa shape index (κ2) is 7.04. The fraction of sp³-hybridized carbons (Fsp3) is 0.778. The summed E-state index contributed by atoms with van der Waals surface area (Å²) in [5.74, 6) is 1.56. The monoisotopic (exact) mass is 319 g/mol. The SMILES string of the molecule is Cc1oc(C(C)C)nc1C(=O)N1CCC(N2CCCCC2)CC1. The van der Waals surface area contributed by atoms with Gasteiger partial charge in [-0.25, -0.2) is 4.98 Å². The normalized spacial score (nSPS) is 21.1. The van der Waals surface area contributed by atoms with Gasteiger partial charge in [0.15, 0.2) is 11.6 Å². The lowest BCUT2D eigenvalue weighted by Gasteiger charge is -2.40. The smallest absolute Gasteiger partial charge is 0.276 e. The van der Waals surface area contributed by atoms with E-state index in [0.29, 0.717) is 23.4 Å². The van der Waals surface area contributed by atoms with Crippen LogP contribution >= 0.6 is 0 Å². The number of likely N-dealkylation sites (tertiary alicyclic amines) is 2. The topological polar surface area (TPSA) is 49.6 Å². The van der Waals surface area contributed by atoms with Gasteiger partial charge in [-0.2, -0.15) is 0 Å². The molecule has 0 aliphatic carbocycles. The van der Waals surface area contributed by atoms with E-state index in [0.717, 1.165) is 25.9 Å². The Bertz CT molecular complexity index is 538. The van der Waals surface area contributed by atoms with Crippen molar-refractivity contribution in [1.29, 1.82) is 0 Å². The first kappa shape index (κ1) is 16.5. The molecule has 2 saturated heterocycles. The van der Waals surface area contributed by atoms with Crippen molar-refractivity contribution in [3.63, 3.8) is 0 Å². The standard InChI is InChI=1S/C18H29N3O2/c1-13(2)17-19-16(14(3)23-17)18(22)21-11-7-15(8-12-21)20-9-5-4-6-10-20/h13,15H,4-12H2,1-3H3. The van der Waals surface area contributed by atoms with Crippen LogP contribution in [0.4, 0.5) is 0 Å². The molecule has 1 amide bonds. The van der Waals surface area contributed by atoms with Gasteiger partial charge in [0.2, 0.25) is 0 Å². The average molecular weight is 319 g/mol. The lowest BCUT2D eigenvalue weighted by molar-refractivity contribution is 0.0584. The molecule has 1 aromatic rings. The number of amides is 1. The van der Waals surface area contributed by atoms with Gasteiger partial charge in [-0.15, -0.1) is 0 Å². The summed E-state index contributed by atoms with van der Waals surface area (Å²) >= 11 is 0. The molecule has 0 unspecified atom stereocenters. The summed E-state index contributed by atoms with van der Waals surface area (Å²) < 4.78 is 5.64. The number of oxazole rings is 1. The lowest BCUT2D eigenvalue weighted by atomic mass is 9.99. The fourth-order valence-electron chi connectivity index (χ4n) is 3.73. The maximum atomic E-state index is 12.7. The second-order valence-corrected chi connectivity index (χ2v) is 7.23. The van der Waals surface area contributed by atoms with Crippen molar-refractivity contribution >= 4 is 5.91 Å². The number of hydrogen-bond acceptors (Lipinski definition) is 4. The van der Waals surface area contributed by atoms with Gasteiger partial charge < -0.3 is 14.2 Å². The summed E-state index contributed by atoms with van der Waals surface area (Å²) in [5.41, 5.74) is 0.505. The van der Waals surface area contributed by atoms with E-state index < -0.39 is 0 Å². The minimum Gasteiger partial charge on any atom is -0.445 e. The van der Waals surface area contributed by atoms with Crippen molar-refractivity contribution in [2.24, 2.45) is 0 Å². The Labute approximate surface area is 139 Å². The molecule has 1 aromatic heterocycles. The van der Waals surface area contributed by atoms with Crippen molar-refractivity contribution in [1.82, 2.24) is 14.8 Å². The van der Waals surface area contributed by atoms with Gasteiger partial charge in [-0.3, -0.25) is 4.79 Å². The predicted molar refractivity (Wildman–Crippen MR) is 89.7 cm³/mol. The molecule has 0 radical (unpaired) electrons. The third kappa shape index (κ3) is 3.60. The summed E-state index contributed by atoms with van der Waals surface area (Å²) in [4.78, 5) is 21.7. The van der Waals surface area contributed by atoms with Gasteiger partial charge in [0.05, 0.1) is 0 Å². The molecule has 2 aliphatic heterocycles. The molecule has 0 atom stereocenters. The third-order valence-electron chi connectivity index (χ3n) is 5.17.